The summed E-state index contributed by atoms with van der Waals surface area (Å²) in [4.78, 5) is 12.7. The van der Waals surface area contributed by atoms with Crippen molar-refractivity contribution in [2.75, 3.05) is 38.6 Å². The van der Waals surface area contributed by atoms with E-state index in [4.69, 9.17) is 4.74 Å². The number of nitrogens with one attached hydrogen (secondary N) is 1. The summed E-state index contributed by atoms with van der Waals surface area (Å²) in [6.07, 6.45) is 0.245. The molecule has 1 saturated heterocycles. The lowest BCUT2D eigenvalue weighted by molar-refractivity contribution is 0.0730. The molecule has 1 heterocycles. The smallest absolute Gasteiger partial charge is 0.251 e. The van der Waals surface area contributed by atoms with Crippen molar-refractivity contribution < 1.29 is 26.4 Å². The number of hydrogen-bond acceptors (Lipinski definition) is 6. The van der Waals surface area contributed by atoms with Gasteiger partial charge in [0.25, 0.3) is 5.91 Å². The van der Waals surface area contributed by atoms with Crippen molar-refractivity contribution in [2.24, 2.45) is 0 Å². The second kappa shape index (κ2) is 9.69. The van der Waals surface area contributed by atoms with E-state index < -0.39 is 25.8 Å². The third-order valence-corrected chi connectivity index (χ3v) is 8.39. The van der Waals surface area contributed by atoms with Gasteiger partial charge in [0.05, 0.1) is 28.8 Å². The molecule has 3 rings (SSSR count). The molecule has 0 spiro atoms. The largest absolute Gasteiger partial charge is 0.379 e. The van der Waals surface area contributed by atoms with E-state index in [0.717, 1.165) is 0 Å². The summed E-state index contributed by atoms with van der Waals surface area (Å²) in [5.74, 6) is -0.547. The number of nitrogens with zero attached hydrogens (tertiary/aromatic N) is 1. The molecule has 0 saturated carbocycles. The molecule has 0 unspecified atom stereocenters. The van der Waals surface area contributed by atoms with Gasteiger partial charge >= 0.3 is 0 Å². The summed E-state index contributed by atoms with van der Waals surface area (Å²) < 4.78 is 56.5. The van der Waals surface area contributed by atoms with Crippen LogP contribution in [0.1, 0.15) is 16.8 Å². The van der Waals surface area contributed by atoms with Crippen LogP contribution in [0.15, 0.2) is 64.4 Å². The zero-order chi connectivity index (χ0) is 21.6. The maximum absolute atomic E-state index is 12.7. The quantitative estimate of drug-likeness (QED) is 0.605. The second-order valence-corrected chi connectivity index (χ2v) is 10.8. The van der Waals surface area contributed by atoms with Gasteiger partial charge in [-0.15, -0.1) is 0 Å². The standard InChI is InChI=1S/C20H24N2O6S2/c23-20(21-10-5-15-29(24,25)18-7-2-1-3-8-18)17-6-4-9-19(16-17)30(26,27)22-11-13-28-14-12-22/h1-4,6-9,16H,5,10-15H2,(H,21,23). The average molecular weight is 453 g/mol. The van der Waals surface area contributed by atoms with Gasteiger partial charge in [0.1, 0.15) is 0 Å². The fourth-order valence-electron chi connectivity index (χ4n) is 3.05. The van der Waals surface area contributed by atoms with E-state index in [9.17, 15) is 21.6 Å². The molecule has 0 aromatic heterocycles. The van der Waals surface area contributed by atoms with Crippen LogP contribution in [0.3, 0.4) is 0 Å². The maximum atomic E-state index is 12.7. The van der Waals surface area contributed by atoms with Crippen LogP contribution in [0.2, 0.25) is 0 Å². The van der Waals surface area contributed by atoms with Crippen molar-refractivity contribution in [1.29, 1.82) is 0 Å². The highest BCUT2D eigenvalue weighted by molar-refractivity contribution is 7.91. The zero-order valence-electron chi connectivity index (χ0n) is 16.4. The van der Waals surface area contributed by atoms with Crippen LogP contribution in [-0.2, 0) is 24.6 Å². The average Bonchev–Trinajstić information content (AvgIpc) is 2.78. The molecule has 0 radical (unpaired) electrons. The summed E-state index contributed by atoms with van der Waals surface area (Å²) in [5.41, 5.74) is 0.204. The van der Waals surface area contributed by atoms with Crippen molar-refractivity contribution in [2.45, 2.75) is 16.2 Å². The van der Waals surface area contributed by atoms with Crippen LogP contribution in [0.5, 0.6) is 0 Å². The monoisotopic (exact) mass is 452 g/mol. The zero-order valence-corrected chi connectivity index (χ0v) is 18.0. The number of sulfonamides is 1. The third-order valence-electron chi connectivity index (χ3n) is 4.68. The number of morpholine rings is 1. The van der Waals surface area contributed by atoms with Gasteiger partial charge in [-0.1, -0.05) is 24.3 Å². The molecule has 8 nitrogen and oxygen atoms in total. The lowest BCUT2D eigenvalue weighted by Gasteiger charge is -2.26. The highest BCUT2D eigenvalue weighted by Crippen LogP contribution is 2.18. The Balaban J connectivity index is 1.58. The van der Waals surface area contributed by atoms with E-state index in [2.05, 4.69) is 5.32 Å². The van der Waals surface area contributed by atoms with Gasteiger partial charge in [-0.3, -0.25) is 4.79 Å². The first-order valence-corrected chi connectivity index (χ1v) is 12.6. The summed E-state index contributed by atoms with van der Waals surface area (Å²) in [7, 11) is -7.11. The molecular formula is C20H24N2O6S2. The van der Waals surface area contributed by atoms with E-state index in [1.807, 2.05) is 0 Å². The Morgan fingerprint density at radius 3 is 2.30 bits per heavy atom. The minimum absolute atomic E-state index is 0.0451. The Morgan fingerprint density at radius 1 is 0.933 bits per heavy atom. The van der Waals surface area contributed by atoms with E-state index in [0.29, 0.717) is 13.2 Å². The molecule has 0 bridgehead atoms. The number of benzene rings is 2. The van der Waals surface area contributed by atoms with Crippen molar-refractivity contribution >= 4 is 25.8 Å². The molecule has 0 aliphatic carbocycles. The predicted molar refractivity (Wildman–Crippen MR) is 111 cm³/mol. The summed E-state index contributed by atoms with van der Waals surface area (Å²) in [5, 5.41) is 2.65. The first kappa shape index (κ1) is 22.4. The van der Waals surface area contributed by atoms with Crippen molar-refractivity contribution in [3.8, 4) is 0 Å². The summed E-state index contributed by atoms with van der Waals surface area (Å²) in [6, 6.07) is 14.0. The van der Waals surface area contributed by atoms with Crippen LogP contribution in [0.4, 0.5) is 0 Å². The van der Waals surface area contributed by atoms with Gasteiger partial charge < -0.3 is 10.1 Å². The van der Waals surface area contributed by atoms with Crippen molar-refractivity contribution in [1.82, 2.24) is 9.62 Å². The van der Waals surface area contributed by atoms with E-state index in [-0.39, 0.29) is 47.2 Å². The summed E-state index contributed by atoms with van der Waals surface area (Å²) >= 11 is 0. The first-order valence-electron chi connectivity index (χ1n) is 9.55. The first-order chi connectivity index (χ1) is 14.3. The molecule has 1 aliphatic heterocycles. The minimum Gasteiger partial charge on any atom is -0.379 e. The SMILES string of the molecule is O=C(NCCCS(=O)(=O)c1ccccc1)c1cccc(S(=O)(=O)N2CCOCC2)c1. The number of carbonyl (C=O) groups is 1. The molecule has 2 aromatic rings. The van der Waals surface area contributed by atoms with E-state index in [1.165, 1.54) is 40.7 Å². The minimum atomic E-state index is -3.70. The van der Waals surface area contributed by atoms with Crippen LogP contribution >= 0.6 is 0 Å². The third kappa shape index (κ3) is 5.45. The van der Waals surface area contributed by atoms with E-state index >= 15 is 0 Å². The molecule has 1 N–H and O–H groups in total. The van der Waals surface area contributed by atoms with Crippen molar-refractivity contribution in [3.63, 3.8) is 0 Å². The molecule has 0 atom stereocenters. The van der Waals surface area contributed by atoms with Crippen LogP contribution in [0.25, 0.3) is 0 Å². The van der Waals surface area contributed by atoms with Gasteiger partial charge in [0.15, 0.2) is 9.84 Å². The molecule has 30 heavy (non-hydrogen) atoms. The van der Waals surface area contributed by atoms with Gasteiger partial charge in [0.2, 0.25) is 10.0 Å². The second-order valence-electron chi connectivity index (χ2n) is 6.79. The number of carbonyl (C=O) groups excluding carboxylic acids is 1. The fourth-order valence-corrected chi connectivity index (χ4v) is 5.83. The topological polar surface area (TPSA) is 110 Å². The Labute approximate surface area is 176 Å². The molecule has 2 aromatic carbocycles. The lowest BCUT2D eigenvalue weighted by Crippen LogP contribution is -2.40. The van der Waals surface area contributed by atoms with E-state index in [1.54, 1.807) is 18.2 Å². The predicted octanol–water partition coefficient (Wildman–Crippen LogP) is 1.30. The molecule has 1 fully saturated rings. The van der Waals surface area contributed by atoms with Crippen LogP contribution < -0.4 is 5.32 Å². The van der Waals surface area contributed by atoms with Gasteiger partial charge in [0, 0.05) is 25.2 Å². The highest BCUT2D eigenvalue weighted by Gasteiger charge is 2.26. The number of hydrogen-bond donors (Lipinski definition) is 1. The Bertz CT molecular complexity index is 1080. The Kier molecular flexibility index (Phi) is 7.24. The fraction of sp³-hybridized carbons (Fsp3) is 0.350. The molecule has 1 aliphatic rings. The Hall–Kier alpha value is -2.27. The van der Waals surface area contributed by atoms with Crippen LogP contribution in [0, 0.1) is 0 Å². The molecule has 162 valence electrons. The number of ether oxygens (including phenoxy) is 1. The maximum Gasteiger partial charge on any atom is 0.251 e. The molecule has 1 amide bonds. The number of sulfone groups is 1. The number of rotatable bonds is 8. The summed E-state index contributed by atoms with van der Waals surface area (Å²) in [6.45, 7) is 1.38. The normalized spacial score (nSPS) is 15.6. The highest BCUT2D eigenvalue weighted by atomic mass is 32.2. The number of amides is 1. The molecule has 10 heteroatoms. The van der Waals surface area contributed by atoms with Crippen molar-refractivity contribution in [3.05, 3.63) is 60.2 Å². The van der Waals surface area contributed by atoms with Gasteiger partial charge in [-0.2, -0.15) is 4.31 Å². The molecular weight excluding hydrogens is 428 g/mol. The Morgan fingerprint density at radius 2 is 1.60 bits per heavy atom. The van der Waals surface area contributed by atoms with Gasteiger partial charge in [-0.05, 0) is 36.8 Å². The lowest BCUT2D eigenvalue weighted by atomic mass is 10.2. The van der Waals surface area contributed by atoms with Gasteiger partial charge in [-0.25, -0.2) is 16.8 Å². The van der Waals surface area contributed by atoms with Crippen LogP contribution in [-0.4, -0.2) is 65.6 Å².